The molecule has 0 bridgehead atoms. The Bertz CT molecular complexity index is 1720. The second kappa shape index (κ2) is 11.9. The highest BCUT2D eigenvalue weighted by Gasteiger charge is 2.19. The fourth-order valence-electron chi connectivity index (χ4n) is 4.52. The fourth-order valence-corrected chi connectivity index (χ4v) is 4.52. The van der Waals surface area contributed by atoms with Gasteiger partial charge in [-0.25, -0.2) is 19.7 Å². The molecule has 204 valence electrons. The highest BCUT2D eigenvalue weighted by molar-refractivity contribution is 5.78. The molecule has 40 heavy (non-hydrogen) atoms. The van der Waals surface area contributed by atoms with Gasteiger partial charge in [0.15, 0.2) is 23.2 Å². The number of unbranched alkanes of at least 4 members (excludes halogenated alkanes) is 1. The van der Waals surface area contributed by atoms with Crippen LogP contribution in [0.5, 0.6) is 5.75 Å². The van der Waals surface area contributed by atoms with E-state index in [1.165, 1.54) is 0 Å². The summed E-state index contributed by atoms with van der Waals surface area (Å²) in [4.78, 5) is 46.3. The third-order valence-electron chi connectivity index (χ3n) is 6.60. The molecule has 0 fully saturated rings. The molecule has 5 aromatic rings. The van der Waals surface area contributed by atoms with E-state index >= 15 is 0 Å². The van der Waals surface area contributed by atoms with Crippen LogP contribution >= 0.6 is 0 Å². The topological polar surface area (TPSA) is 142 Å². The lowest BCUT2D eigenvalue weighted by molar-refractivity contribution is 0.388. The van der Waals surface area contributed by atoms with Crippen LogP contribution in [0.1, 0.15) is 43.5 Å². The molecule has 0 aliphatic carbocycles. The molecule has 11 nitrogen and oxygen atoms in total. The number of H-pyrrole nitrogens is 1. The van der Waals surface area contributed by atoms with E-state index in [1.807, 2.05) is 43.3 Å². The number of aryl methyl sites for hydroxylation is 1. The maximum absolute atomic E-state index is 13.8. The largest absolute Gasteiger partial charge is 0.494 e. The van der Waals surface area contributed by atoms with Gasteiger partial charge in [-0.3, -0.25) is 23.9 Å². The predicted molar refractivity (Wildman–Crippen MR) is 149 cm³/mol. The number of rotatable bonds is 10. The molecule has 0 aliphatic rings. The molecular weight excluding hydrogens is 510 g/mol. The Balaban J connectivity index is 1.54. The number of hydrogen-bond acceptors (Lipinski definition) is 9. The molecule has 0 unspecified atom stereocenters. The quantitative estimate of drug-likeness (QED) is 0.278. The Morgan fingerprint density at radius 1 is 0.975 bits per heavy atom. The van der Waals surface area contributed by atoms with Crippen LogP contribution in [-0.2, 0) is 19.4 Å². The summed E-state index contributed by atoms with van der Waals surface area (Å²) in [6.07, 6.45) is 8.07. The van der Waals surface area contributed by atoms with E-state index in [2.05, 4.69) is 36.5 Å². The van der Waals surface area contributed by atoms with E-state index in [0.717, 1.165) is 29.7 Å². The van der Waals surface area contributed by atoms with Gasteiger partial charge in [0.05, 0.1) is 37.4 Å². The summed E-state index contributed by atoms with van der Waals surface area (Å²) in [6, 6.07) is 11.2. The van der Waals surface area contributed by atoms with E-state index in [-0.39, 0.29) is 12.1 Å². The van der Waals surface area contributed by atoms with Crippen molar-refractivity contribution in [1.82, 2.24) is 34.6 Å². The summed E-state index contributed by atoms with van der Waals surface area (Å²) in [6.45, 7) is 4.32. The van der Waals surface area contributed by atoms with Crippen LogP contribution in [0, 0.1) is 0 Å². The van der Waals surface area contributed by atoms with Gasteiger partial charge in [-0.1, -0.05) is 55.8 Å². The summed E-state index contributed by atoms with van der Waals surface area (Å²) in [7, 11) is 1.55. The Hall–Kier alpha value is -4.93. The van der Waals surface area contributed by atoms with E-state index < -0.39 is 5.76 Å². The first-order chi connectivity index (χ1) is 19.5. The maximum atomic E-state index is 13.8. The number of aromatic nitrogens is 7. The first-order valence-corrected chi connectivity index (χ1v) is 13.1. The molecule has 11 heteroatoms. The van der Waals surface area contributed by atoms with Crippen LogP contribution in [0.25, 0.3) is 34.3 Å². The van der Waals surface area contributed by atoms with Crippen LogP contribution < -0.4 is 16.1 Å². The number of nitrogens with zero attached hydrogens (tertiary/aromatic N) is 6. The number of nitrogens with one attached hydrogen (secondary N) is 1. The Morgan fingerprint density at radius 3 is 2.38 bits per heavy atom. The number of aromatic amines is 1. The minimum Gasteiger partial charge on any atom is -0.494 e. The molecule has 0 aliphatic heterocycles. The predicted octanol–water partition coefficient (Wildman–Crippen LogP) is 4.07. The van der Waals surface area contributed by atoms with Crippen molar-refractivity contribution < 1.29 is 9.26 Å². The van der Waals surface area contributed by atoms with Crippen molar-refractivity contribution in [2.45, 2.75) is 46.1 Å². The van der Waals surface area contributed by atoms with Crippen molar-refractivity contribution in [3.05, 3.63) is 92.7 Å². The SMILES string of the molecule is CCCCc1nc(-c2ncc(OC)cn2)n(Cc2ccc(-c3ccccc3-c3noc(=O)[nH]3)nc2)c(=O)c1CC. The average molecular weight is 540 g/mol. The lowest BCUT2D eigenvalue weighted by atomic mass is 10.0. The highest BCUT2D eigenvalue weighted by atomic mass is 16.5. The van der Waals surface area contributed by atoms with Crippen molar-refractivity contribution in [2.24, 2.45) is 0 Å². The summed E-state index contributed by atoms with van der Waals surface area (Å²) < 4.78 is 11.5. The molecule has 0 saturated heterocycles. The van der Waals surface area contributed by atoms with Crippen molar-refractivity contribution in [1.29, 1.82) is 0 Å². The van der Waals surface area contributed by atoms with Gasteiger partial charge in [0, 0.05) is 22.9 Å². The molecule has 0 saturated carbocycles. The van der Waals surface area contributed by atoms with Crippen molar-refractivity contribution in [3.63, 3.8) is 0 Å². The molecule has 1 aromatic carbocycles. The molecule has 0 atom stereocenters. The van der Waals surface area contributed by atoms with E-state index in [1.54, 1.807) is 30.3 Å². The molecule has 5 rings (SSSR count). The number of methoxy groups -OCH3 is 1. The molecule has 4 aromatic heterocycles. The van der Waals surface area contributed by atoms with Crippen molar-refractivity contribution in [2.75, 3.05) is 7.11 Å². The normalized spacial score (nSPS) is 11.1. The van der Waals surface area contributed by atoms with Crippen LogP contribution in [0.4, 0.5) is 0 Å². The summed E-state index contributed by atoms with van der Waals surface area (Å²) in [5.74, 6) is 0.960. The van der Waals surface area contributed by atoms with E-state index in [4.69, 9.17) is 9.72 Å². The lowest BCUT2D eigenvalue weighted by Crippen LogP contribution is -2.29. The van der Waals surface area contributed by atoms with Gasteiger partial charge in [0.1, 0.15) is 0 Å². The standard InChI is InChI=1S/C29H29N7O4/c1-4-6-11-24-20(5-2)28(37)36(27(33-24)26-31-15-19(39-3)16-32-26)17-18-12-13-23(30-14-18)21-9-7-8-10-22(21)25-34-29(38)40-35-25/h7-10,12-16H,4-6,11,17H2,1-3H3,(H,34,35,38). The summed E-state index contributed by atoms with van der Waals surface area (Å²) in [5, 5.41) is 3.81. The van der Waals surface area contributed by atoms with Crippen LogP contribution in [0.15, 0.2) is 69.1 Å². The minimum absolute atomic E-state index is 0.109. The summed E-state index contributed by atoms with van der Waals surface area (Å²) in [5.41, 5.74) is 4.32. The Labute approximate surface area is 230 Å². The molecule has 0 spiro atoms. The summed E-state index contributed by atoms with van der Waals surface area (Å²) >= 11 is 0. The molecule has 1 N–H and O–H groups in total. The maximum Gasteiger partial charge on any atom is 0.439 e. The fraction of sp³-hybridized carbons (Fsp3) is 0.276. The third kappa shape index (κ3) is 5.44. The van der Waals surface area contributed by atoms with Gasteiger partial charge < -0.3 is 4.74 Å². The van der Waals surface area contributed by atoms with Gasteiger partial charge in [0.2, 0.25) is 0 Å². The lowest BCUT2D eigenvalue weighted by Gasteiger charge is -2.16. The minimum atomic E-state index is -0.629. The zero-order valence-electron chi connectivity index (χ0n) is 22.5. The van der Waals surface area contributed by atoms with Gasteiger partial charge in [0.25, 0.3) is 5.56 Å². The van der Waals surface area contributed by atoms with Crippen LogP contribution in [0.3, 0.4) is 0 Å². The molecular formula is C29H29N7O4. The molecule has 4 heterocycles. The highest BCUT2D eigenvalue weighted by Crippen LogP contribution is 2.28. The van der Waals surface area contributed by atoms with Crippen molar-refractivity contribution in [3.8, 4) is 40.0 Å². The van der Waals surface area contributed by atoms with Crippen LogP contribution in [-0.4, -0.2) is 41.8 Å². The number of benzene rings is 1. The van der Waals surface area contributed by atoms with Gasteiger partial charge in [-0.15, -0.1) is 0 Å². The molecule has 0 radical (unpaired) electrons. The van der Waals surface area contributed by atoms with Crippen LogP contribution in [0.2, 0.25) is 0 Å². The Kier molecular flexibility index (Phi) is 7.90. The zero-order valence-corrected chi connectivity index (χ0v) is 22.5. The second-order valence-corrected chi connectivity index (χ2v) is 9.20. The monoisotopic (exact) mass is 539 g/mol. The smallest absolute Gasteiger partial charge is 0.439 e. The number of hydrogen-bond donors (Lipinski definition) is 1. The third-order valence-corrected chi connectivity index (χ3v) is 6.60. The zero-order chi connectivity index (χ0) is 28.1. The number of ether oxygens (including phenoxy) is 1. The van der Waals surface area contributed by atoms with E-state index in [0.29, 0.717) is 52.9 Å². The van der Waals surface area contributed by atoms with Gasteiger partial charge in [-0.05, 0) is 30.9 Å². The average Bonchev–Trinajstić information content (AvgIpc) is 3.43. The molecule has 0 amide bonds. The number of pyridine rings is 1. The van der Waals surface area contributed by atoms with Gasteiger partial charge in [-0.2, -0.15) is 0 Å². The van der Waals surface area contributed by atoms with Gasteiger partial charge >= 0.3 is 5.76 Å². The van der Waals surface area contributed by atoms with E-state index in [9.17, 15) is 9.59 Å². The second-order valence-electron chi connectivity index (χ2n) is 9.20. The first kappa shape index (κ1) is 26.7. The first-order valence-electron chi connectivity index (χ1n) is 13.1. The van der Waals surface area contributed by atoms with Crippen molar-refractivity contribution >= 4 is 0 Å². The Morgan fingerprint density at radius 2 is 1.75 bits per heavy atom.